The molecule has 0 radical (unpaired) electrons. The van der Waals surface area contributed by atoms with E-state index in [1.807, 2.05) is 0 Å². The van der Waals surface area contributed by atoms with E-state index in [4.69, 9.17) is 9.47 Å². The molecule has 88 valence electrons. The van der Waals surface area contributed by atoms with E-state index in [0.717, 1.165) is 0 Å². The van der Waals surface area contributed by atoms with Crippen molar-refractivity contribution < 1.29 is 14.3 Å². The second-order valence-corrected chi connectivity index (χ2v) is 3.32. The minimum Gasteiger partial charge on any atom is -0.354 e. The maximum absolute atomic E-state index is 11.7. The Kier molecular flexibility index (Phi) is 4.88. The molecule has 0 spiro atoms. The molecule has 0 aliphatic carbocycles. The minimum atomic E-state index is -0.465. The topological polar surface area (TPSA) is 60.5 Å². The van der Waals surface area contributed by atoms with Crippen molar-refractivity contribution in [1.82, 2.24) is 10.3 Å². The lowest BCUT2D eigenvalue weighted by molar-refractivity contribution is -0.117. The Morgan fingerprint density at radius 1 is 1.38 bits per heavy atom. The third-order valence-corrected chi connectivity index (χ3v) is 2.13. The number of methoxy groups -OCH3 is 2. The normalized spacial score (nSPS) is 12.5. The summed E-state index contributed by atoms with van der Waals surface area (Å²) in [5, 5.41) is 2.75. The molecule has 0 fully saturated rings. The molecule has 0 aliphatic rings. The summed E-state index contributed by atoms with van der Waals surface area (Å²) in [6.07, 6.45) is 1.11. The summed E-state index contributed by atoms with van der Waals surface area (Å²) in [7, 11) is 3.05. The van der Waals surface area contributed by atoms with Crippen LogP contribution in [0.15, 0.2) is 24.4 Å². The Morgan fingerprint density at radius 3 is 2.56 bits per heavy atom. The van der Waals surface area contributed by atoms with Gasteiger partial charge in [0.1, 0.15) is 5.69 Å². The molecular weight excluding hydrogens is 208 g/mol. The zero-order chi connectivity index (χ0) is 12.0. The first-order valence-electron chi connectivity index (χ1n) is 4.96. The van der Waals surface area contributed by atoms with E-state index >= 15 is 0 Å². The average Bonchev–Trinajstić information content (AvgIpc) is 2.31. The van der Waals surface area contributed by atoms with Crippen molar-refractivity contribution in [3.05, 3.63) is 30.1 Å². The number of carbonyl (C=O) groups is 1. The number of hydrogen-bond acceptors (Lipinski definition) is 4. The number of aromatic nitrogens is 1. The van der Waals surface area contributed by atoms with Gasteiger partial charge in [-0.2, -0.15) is 0 Å². The number of hydrogen-bond donors (Lipinski definition) is 1. The van der Waals surface area contributed by atoms with Crippen LogP contribution >= 0.6 is 0 Å². The average molecular weight is 224 g/mol. The van der Waals surface area contributed by atoms with Crippen molar-refractivity contribution in [3.63, 3.8) is 0 Å². The summed E-state index contributed by atoms with van der Waals surface area (Å²) < 4.78 is 10.1. The lowest BCUT2D eigenvalue weighted by atomic mass is 10.3. The van der Waals surface area contributed by atoms with Gasteiger partial charge in [0.25, 0.3) is 5.91 Å². The Bertz CT molecular complexity index is 325. The maximum Gasteiger partial charge on any atom is 0.270 e. The Labute approximate surface area is 94.8 Å². The van der Waals surface area contributed by atoms with E-state index in [9.17, 15) is 4.79 Å². The van der Waals surface area contributed by atoms with Crippen molar-refractivity contribution in [3.8, 4) is 0 Å². The van der Waals surface area contributed by atoms with Crippen LogP contribution in [-0.2, 0) is 9.47 Å². The van der Waals surface area contributed by atoms with Crippen molar-refractivity contribution >= 4 is 5.91 Å². The van der Waals surface area contributed by atoms with E-state index in [1.165, 1.54) is 14.2 Å². The fourth-order valence-corrected chi connectivity index (χ4v) is 1.35. The van der Waals surface area contributed by atoms with Crippen LogP contribution in [0.25, 0.3) is 0 Å². The zero-order valence-electron chi connectivity index (χ0n) is 9.64. The molecule has 0 aromatic carbocycles. The minimum absolute atomic E-state index is 0.243. The number of pyridine rings is 1. The predicted molar refractivity (Wildman–Crippen MR) is 59.0 cm³/mol. The highest BCUT2D eigenvalue weighted by Crippen LogP contribution is 2.00. The third-order valence-electron chi connectivity index (χ3n) is 2.13. The van der Waals surface area contributed by atoms with Gasteiger partial charge >= 0.3 is 0 Å². The summed E-state index contributed by atoms with van der Waals surface area (Å²) in [5.74, 6) is -0.243. The monoisotopic (exact) mass is 224 g/mol. The quantitative estimate of drug-likeness (QED) is 0.752. The van der Waals surface area contributed by atoms with E-state index in [1.54, 1.807) is 31.3 Å². The molecule has 1 heterocycles. The molecule has 1 amide bonds. The number of nitrogens with one attached hydrogen (secondary N) is 1. The first-order valence-corrected chi connectivity index (χ1v) is 4.96. The summed E-state index contributed by atoms with van der Waals surface area (Å²) in [4.78, 5) is 15.7. The second kappa shape index (κ2) is 6.19. The molecule has 0 aliphatic heterocycles. The first-order chi connectivity index (χ1) is 7.69. The molecule has 1 atom stereocenters. The molecule has 1 rings (SSSR count). The van der Waals surface area contributed by atoms with Gasteiger partial charge in [-0.15, -0.1) is 0 Å². The Morgan fingerprint density at radius 2 is 2.06 bits per heavy atom. The second-order valence-electron chi connectivity index (χ2n) is 3.32. The fraction of sp³-hybridized carbons (Fsp3) is 0.455. The Hall–Kier alpha value is -1.46. The van der Waals surface area contributed by atoms with Crippen LogP contribution < -0.4 is 5.32 Å². The highest BCUT2D eigenvalue weighted by Gasteiger charge is 2.18. The van der Waals surface area contributed by atoms with Crippen LogP contribution in [0.1, 0.15) is 17.4 Å². The zero-order valence-corrected chi connectivity index (χ0v) is 9.64. The largest absolute Gasteiger partial charge is 0.354 e. The Balaban J connectivity index is 2.58. The van der Waals surface area contributed by atoms with Crippen molar-refractivity contribution in [2.75, 3.05) is 14.2 Å². The smallest absolute Gasteiger partial charge is 0.270 e. The number of nitrogens with zero attached hydrogens (tertiary/aromatic N) is 1. The van der Waals surface area contributed by atoms with Gasteiger partial charge in [0.05, 0.1) is 6.04 Å². The van der Waals surface area contributed by atoms with Gasteiger partial charge in [-0.05, 0) is 19.1 Å². The third kappa shape index (κ3) is 3.29. The van der Waals surface area contributed by atoms with Crippen LogP contribution in [0.4, 0.5) is 0 Å². The van der Waals surface area contributed by atoms with Crippen LogP contribution in [0.5, 0.6) is 0 Å². The van der Waals surface area contributed by atoms with Gasteiger partial charge in [0, 0.05) is 20.4 Å². The molecule has 0 bridgehead atoms. The molecule has 1 aromatic rings. The van der Waals surface area contributed by atoms with E-state index < -0.39 is 6.29 Å². The van der Waals surface area contributed by atoms with Crippen molar-refractivity contribution in [1.29, 1.82) is 0 Å². The van der Waals surface area contributed by atoms with Crippen LogP contribution in [0, 0.1) is 0 Å². The predicted octanol–water partition coefficient (Wildman–Crippen LogP) is 0.819. The maximum atomic E-state index is 11.7. The van der Waals surface area contributed by atoms with E-state index in [-0.39, 0.29) is 11.9 Å². The molecule has 5 nitrogen and oxygen atoms in total. The summed E-state index contributed by atoms with van der Waals surface area (Å²) in [6, 6.07) is 4.92. The SMILES string of the molecule is COC(OC)C(C)NC(=O)c1ccccn1. The molecule has 1 unspecified atom stereocenters. The molecule has 5 heteroatoms. The molecule has 1 aromatic heterocycles. The van der Waals surface area contributed by atoms with Crippen LogP contribution in [0.2, 0.25) is 0 Å². The van der Waals surface area contributed by atoms with Gasteiger partial charge in [-0.3, -0.25) is 9.78 Å². The van der Waals surface area contributed by atoms with Gasteiger partial charge in [0.15, 0.2) is 6.29 Å². The number of rotatable bonds is 5. The highest BCUT2D eigenvalue weighted by molar-refractivity contribution is 5.92. The molecule has 0 saturated carbocycles. The number of carbonyl (C=O) groups excluding carboxylic acids is 1. The molecular formula is C11H16N2O3. The number of ether oxygens (including phenoxy) is 2. The summed E-state index contributed by atoms with van der Waals surface area (Å²) >= 11 is 0. The number of amides is 1. The van der Waals surface area contributed by atoms with Gasteiger partial charge in [0.2, 0.25) is 0 Å². The standard InChI is InChI=1S/C11H16N2O3/c1-8(11(15-2)16-3)13-10(14)9-6-4-5-7-12-9/h4-8,11H,1-3H3,(H,13,14). The van der Waals surface area contributed by atoms with Gasteiger partial charge in [-0.25, -0.2) is 0 Å². The van der Waals surface area contributed by atoms with Crippen LogP contribution in [-0.4, -0.2) is 37.4 Å². The lowest BCUT2D eigenvalue weighted by Crippen LogP contribution is -2.43. The van der Waals surface area contributed by atoms with E-state index in [0.29, 0.717) is 5.69 Å². The van der Waals surface area contributed by atoms with Gasteiger partial charge in [-0.1, -0.05) is 6.07 Å². The van der Waals surface area contributed by atoms with Crippen molar-refractivity contribution in [2.45, 2.75) is 19.3 Å². The van der Waals surface area contributed by atoms with Crippen LogP contribution in [0.3, 0.4) is 0 Å². The fourth-order valence-electron chi connectivity index (χ4n) is 1.35. The lowest BCUT2D eigenvalue weighted by Gasteiger charge is -2.21. The first kappa shape index (κ1) is 12.6. The molecule has 1 N–H and O–H groups in total. The molecule has 0 saturated heterocycles. The molecule has 16 heavy (non-hydrogen) atoms. The highest BCUT2D eigenvalue weighted by atomic mass is 16.7. The summed E-state index contributed by atoms with van der Waals surface area (Å²) in [6.45, 7) is 1.80. The van der Waals surface area contributed by atoms with E-state index in [2.05, 4.69) is 10.3 Å². The summed E-state index contributed by atoms with van der Waals surface area (Å²) in [5.41, 5.74) is 0.375. The van der Waals surface area contributed by atoms with Crippen molar-refractivity contribution in [2.24, 2.45) is 0 Å². The van der Waals surface area contributed by atoms with Gasteiger partial charge < -0.3 is 14.8 Å².